The van der Waals surface area contributed by atoms with E-state index in [1.165, 1.54) is 0 Å². The highest BCUT2D eigenvalue weighted by Crippen LogP contribution is 2.40. The SMILES string of the molecule is Cc1cc(CN2CCN(c3sc(S(C)(=O)=O)cc3[N+](=O)[O-])CC2)no1. The topological polar surface area (TPSA) is 110 Å². The first kappa shape index (κ1) is 17.8. The Morgan fingerprint density at radius 3 is 2.52 bits per heavy atom. The summed E-state index contributed by atoms with van der Waals surface area (Å²) in [6, 6.07) is 3.04. The summed E-state index contributed by atoms with van der Waals surface area (Å²) in [5.74, 6) is 0.760. The van der Waals surface area contributed by atoms with Gasteiger partial charge in [-0.15, -0.1) is 0 Å². The fourth-order valence-electron chi connectivity index (χ4n) is 2.72. The number of nitro groups is 1. The number of aryl methyl sites for hydroxylation is 1. The third-order valence-electron chi connectivity index (χ3n) is 3.95. The maximum absolute atomic E-state index is 11.7. The van der Waals surface area contributed by atoms with Crippen molar-refractivity contribution in [3.63, 3.8) is 0 Å². The molecule has 1 aliphatic rings. The molecule has 2 aromatic rings. The first-order chi connectivity index (χ1) is 11.7. The summed E-state index contributed by atoms with van der Waals surface area (Å²) in [7, 11) is -3.47. The fraction of sp³-hybridized carbons (Fsp3) is 0.500. The van der Waals surface area contributed by atoms with Gasteiger partial charge in [0.05, 0.1) is 10.6 Å². The van der Waals surface area contributed by atoms with E-state index in [1.807, 2.05) is 17.9 Å². The highest BCUT2D eigenvalue weighted by molar-refractivity contribution is 7.92. The minimum absolute atomic E-state index is 0.0229. The molecule has 0 spiro atoms. The zero-order valence-electron chi connectivity index (χ0n) is 13.8. The molecule has 0 atom stereocenters. The highest BCUT2D eigenvalue weighted by atomic mass is 32.2. The van der Waals surface area contributed by atoms with Crippen molar-refractivity contribution >= 4 is 31.9 Å². The monoisotopic (exact) mass is 386 g/mol. The van der Waals surface area contributed by atoms with E-state index in [0.29, 0.717) is 37.7 Å². The lowest BCUT2D eigenvalue weighted by Gasteiger charge is -2.34. The summed E-state index contributed by atoms with van der Waals surface area (Å²) in [6.07, 6.45) is 1.06. The Labute approximate surface area is 148 Å². The van der Waals surface area contributed by atoms with E-state index >= 15 is 0 Å². The molecule has 0 saturated carbocycles. The van der Waals surface area contributed by atoms with E-state index in [9.17, 15) is 18.5 Å². The van der Waals surface area contributed by atoms with Crippen molar-refractivity contribution in [2.24, 2.45) is 0 Å². The Morgan fingerprint density at radius 1 is 1.32 bits per heavy atom. The first-order valence-electron chi connectivity index (χ1n) is 7.62. The lowest BCUT2D eigenvalue weighted by Crippen LogP contribution is -2.45. The Bertz CT molecular complexity index is 881. The van der Waals surface area contributed by atoms with Gasteiger partial charge in [0, 0.05) is 51.1 Å². The molecular weight excluding hydrogens is 368 g/mol. The van der Waals surface area contributed by atoms with Gasteiger partial charge in [0.25, 0.3) is 0 Å². The molecule has 25 heavy (non-hydrogen) atoms. The van der Waals surface area contributed by atoms with E-state index in [0.717, 1.165) is 35.1 Å². The van der Waals surface area contributed by atoms with Gasteiger partial charge in [-0.1, -0.05) is 16.5 Å². The zero-order valence-corrected chi connectivity index (χ0v) is 15.5. The lowest BCUT2D eigenvalue weighted by molar-refractivity contribution is -0.383. The molecule has 1 saturated heterocycles. The van der Waals surface area contributed by atoms with Gasteiger partial charge in [-0.05, 0) is 6.92 Å². The summed E-state index contributed by atoms with van der Waals surface area (Å²) in [6.45, 7) is 5.07. The maximum Gasteiger partial charge on any atom is 0.305 e. The standard InChI is InChI=1S/C14H18N4O5S2/c1-10-7-11(15-23-10)9-16-3-5-17(6-4-16)14-12(18(19)20)8-13(24-14)25(2,21)22/h7-8H,3-6,9H2,1-2H3. The number of hydrogen-bond donors (Lipinski definition) is 0. The quantitative estimate of drug-likeness (QED) is 0.564. The fourth-order valence-corrected chi connectivity index (χ4v) is 4.80. The number of thiophene rings is 1. The van der Waals surface area contributed by atoms with Crippen LogP contribution in [0.25, 0.3) is 0 Å². The molecule has 9 nitrogen and oxygen atoms in total. The van der Waals surface area contributed by atoms with Crippen LogP contribution in [0, 0.1) is 17.0 Å². The number of nitrogens with zero attached hydrogens (tertiary/aromatic N) is 4. The van der Waals surface area contributed by atoms with Crippen molar-refractivity contribution in [3.05, 3.63) is 33.7 Å². The molecule has 11 heteroatoms. The van der Waals surface area contributed by atoms with Gasteiger partial charge in [-0.2, -0.15) is 0 Å². The molecule has 2 aromatic heterocycles. The van der Waals surface area contributed by atoms with E-state index < -0.39 is 14.8 Å². The maximum atomic E-state index is 11.7. The smallest absolute Gasteiger partial charge is 0.305 e. The number of piperazine rings is 1. The molecule has 0 bridgehead atoms. The summed E-state index contributed by atoms with van der Waals surface area (Å²) < 4.78 is 28.5. The molecule has 1 aliphatic heterocycles. The molecular formula is C14H18N4O5S2. The van der Waals surface area contributed by atoms with Crippen LogP contribution < -0.4 is 4.90 Å². The van der Waals surface area contributed by atoms with Gasteiger partial charge < -0.3 is 9.42 Å². The molecule has 3 rings (SSSR count). The molecule has 136 valence electrons. The molecule has 0 aliphatic carbocycles. The van der Waals surface area contributed by atoms with Crippen LogP contribution in [0.4, 0.5) is 10.7 Å². The minimum Gasteiger partial charge on any atom is -0.361 e. The van der Waals surface area contributed by atoms with E-state index in [4.69, 9.17) is 4.52 Å². The Balaban J connectivity index is 1.72. The summed E-state index contributed by atoms with van der Waals surface area (Å²) in [5.41, 5.74) is 0.707. The van der Waals surface area contributed by atoms with Crippen LogP contribution in [0.1, 0.15) is 11.5 Å². The zero-order chi connectivity index (χ0) is 18.2. The summed E-state index contributed by atoms with van der Waals surface area (Å²) >= 11 is 0.960. The third-order valence-corrected chi connectivity index (χ3v) is 6.94. The van der Waals surface area contributed by atoms with E-state index in [1.54, 1.807) is 0 Å². The number of anilines is 1. The van der Waals surface area contributed by atoms with Crippen molar-refractivity contribution in [1.29, 1.82) is 0 Å². The first-order valence-corrected chi connectivity index (χ1v) is 10.3. The molecule has 0 amide bonds. The van der Waals surface area contributed by atoms with Crippen LogP contribution in [0.3, 0.4) is 0 Å². The molecule has 3 heterocycles. The average molecular weight is 386 g/mol. The van der Waals surface area contributed by atoms with Crippen LogP contribution in [0.5, 0.6) is 0 Å². The van der Waals surface area contributed by atoms with Crippen molar-refractivity contribution in [2.75, 3.05) is 37.3 Å². The predicted octanol–water partition coefficient (Wildman–Crippen LogP) is 1.68. The van der Waals surface area contributed by atoms with Crippen LogP contribution in [0.15, 0.2) is 20.9 Å². The number of sulfone groups is 1. The van der Waals surface area contributed by atoms with E-state index in [2.05, 4.69) is 10.1 Å². The van der Waals surface area contributed by atoms with Gasteiger partial charge in [-0.25, -0.2) is 8.42 Å². The largest absolute Gasteiger partial charge is 0.361 e. The van der Waals surface area contributed by atoms with Gasteiger partial charge in [-0.3, -0.25) is 15.0 Å². The van der Waals surface area contributed by atoms with Crippen LogP contribution in [-0.4, -0.2) is 55.8 Å². The second-order valence-electron chi connectivity index (χ2n) is 5.98. The van der Waals surface area contributed by atoms with E-state index in [-0.39, 0.29) is 9.90 Å². The molecule has 0 N–H and O–H groups in total. The highest BCUT2D eigenvalue weighted by Gasteiger charge is 2.29. The van der Waals surface area contributed by atoms with Crippen LogP contribution >= 0.6 is 11.3 Å². The van der Waals surface area contributed by atoms with Crippen molar-refractivity contribution in [1.82, 2.24) is 10.1 Å². The number of hydrogen-bond acceptors (Lipinski definition) is 9. The molecule has 1 fully saturated rings. The predicted molar refractivity (Wildman–Crippen MR) is 92.8 cm³/mol. The molecule has 0 aromatic carbocycles. The number of aromatic nitrogens is 1. The van der Waals surface area contributed by atoms with Crippen molar-refractivity contribution in [2.45, 2.75) is 17.7 Å². The van der Waals surface area contributed by atoms with Crippen molar-refractivity contribution < 1.29 is 17.9 Å². The summed E-state index contributed by atoms with van der Waals surface area (Å²) in [4.78, 5) is 14.8. The van der Waals surface area contributed by atoms with Crippen LogP contribution in [0.2, 0.25) is 0 Å². The lowest BCUT2D eigenvalue weighted by atomic mass is 10.3. The van der Waals surface area contributed by atoms with Gasteiger partial charge in [0.15, 0.2) is 14.8 Å². The second kappa shape index (κ2) is 6.73. The Morgan fingerprint density at radius 2 is 2.00 bits per heavy atom. The Hall–Kier alpha value is -1.98. The second-order valence-corrected chi connectivity index (χ2v) is 9.25. The van der Waals surface area contributed by atoms with Gasteiger partial charge in [0.1, 0.15) is 9.97 Å². The molecule has 0 radical (unpaired) electrons. The van der Waals surface area contributed by atoms with Crippen LogP contribution in [-0.2, 0) is 16.4 Å². The normalized spacial score (nSPS) is 16.3. The minimum atomic E-state index is -3.47. The average Bonchev–Trinajstić information content (AvgIpc) is 3.14. The van der Waals surface area contributed by atoms with Crippen molar-refractivity contribution in [3.8, 4) is 0 Å². The van der Waals surface area contributed by atoms with Gasteiger partial charge in [0.2, 0.25) is 0 Å². The number of rotatable bonds is 5. The van der Waals surface area contributed by atoms with Gasteiger partial charge >= 0.3 is 5.69 Å². The third kappa shape index (κ3) is 3.99. The summed E-state index contributed by atoms with van der Waals surface area (Å²) in [5, 5.41) is 15.6. The Kier molecular flexibility index (Phi) is 4.80. The molecule has 0 unspecified atom stereocenters.